The van der Waals surface area contributed by atoms with E-state index in [2.05, 4.69) is 4.98 Å². The molecular formula is C13H13ClN2O2. The summed E-state index contributed by atoms with van der Waals surface area (Å²) in [6, 6.07) is 9.80. The van der Waals surface area contributed by atoms with E-state index >= 15 is 0 Å². The van der Waals surface area contributed by atoms with E-state index < -0.39 is 5.97 Å². The maximum absolute atomic E-state index is 10.8. The molecule has 0 bridgehead atoms. The lowest BCUT2D eigenvalue weighted by molar-refractivity contribution is -0.136. The lowest BCUT2D eigenvalue weighted by Gasteiger charge is -2.09. The van der Waals surface area contributed by atoms with E-state index in [1.54, 1.807) is 0 Å². The Labute approximate surface area is 110 Å². The van der Waals surface area contributed by atoms with Crippen molar-refractivity contribution in [2.75, 3.05) is 0 Å². The highest BCUT2D eigenvalue weighted by molar-refractivity contribution is 6.30. The molecule has 94 valence electrons. The van der Waals surface area contributed by atoms with Crippen LogP contribution >= 0.6 is 11.6 Å². The van der Waals surface area contributed by atoms with Crippen LogP contribution in [0.2, 0.25) is 5.15 Å². The Kier molecular flexibility index (Phi) is 3.67. The van der Waals surface area contributed by atoms with Crippen molar-refractivity contribution in [2.24, 2.45) is 0 Å². The number of nitrogens with zero attached hydrogens (tertiary/aromatic N) is 2. The van der Waals surface area contributed by atoms with Gasteiger partial charge in [0.15, 0.2) is 5.15 Å². The third-order valence-electron chi connectivity index (χ3n) is 2.72. The van der Waals surface area contributed by atoms with Gasteiger partial charge in [-0.1, -0.05) is 41.9 Å². The smallest absolute Gasteiger partial charge is 0.309 e. The summed E-state index contributed by atoms with van der Waals surface area (Å²) < 4.78 is 1.84. The lowest BCUT2D eigenvalue weighted by atomic mass is 10.2. The van der Waals surface area contributed by atoms with Gasteiger partial charge in [0.25, 0.3) is 0 Å². The minimum Gasteiger partial charge on any atom is -0.481 e. The van der Waals surface area contributed by atoms with Gasteiger partial charge < -0.3 is 9.67 Å². The summed E-state index contributed by atoms with van der Waals surface area (Å²) in [5.74, 6) is -0.189. The zero-order chi connectivity index (χ0) is 13.1. The van der Waals surface area contributed by atoms with E-state index in [9.17, 15) is 4.79 Å². The Morgan fingerprint density at radius 2 is 2.06 bits per heavy atom. The molecule has 1 N–H and O–H groups in total. The minimum atomic E-state index is -0.911. The van der Waals surface area contributed by atoms with E-state index in [4.69, 9.17) is 16.7 Å². The third-order valence-corrected chi connectivity index (χ3v) is 3.02. The maximum atomic E-state index is 10.8. The number of aryl methyl sites for hydroxylation is 1. The molecule has 0 fully saturated rings. The second-order valence-electron chi connectivity index (χ2n) is 4.04. The van der Waals surface area contributed by atoms with Crippen LogP contribution in [0.5, 0.6) is 0 Å². The van der Waals surface area contributed by atoms with E-state index in [0.29, 0.717) is 12.2 Å². The Bertz CT molecular complexity index is 564. The molecule has 2 aromatic rings. The molecule has 0 aliphatic heterocycles. The number of carbonyl (C=O) groups is 1. The first-order valence-electron chi connectivity index (χ1n) is 5.55. The molecule has 0 aliphatic rings. The highest BCUT2D eigenvalue weighted by atomic mass is 35.5. The van der Waals surface area contributed by atoms with Crippen molar-refractivity contribution >= 4 is 17.6 Å². The Balaban J connectivity index is 2.35. The summed E-state index contributed by atoms with van der Waals surface area (Å²) in [5.41, 5.74) is 1.63. The number of halogens is 1. The van der Waals surface area contributed by atoms with Crippen LogP contribution in [-0.4, -0.2) is 20.6 Å². The average molecular weight is 265 g/mol. The monoisotopic (exact) mass is 264 g/mol. The number of benzene rings is 1. The van der Waals surface area contributed by atoms with Crippen LogP contribution in [0.1, 0.15) is 17.1 Å². The predicted octanol–water partition coefficient (Wildman–Crippen LogP) is 2.52. The molecule has 0 atom stereocenters. The number of aliphatic carboxylic acids is 1. The van der Waals surface area contributed by atoms with Gasteiger partial charge in [-0.2, -0.15) is 0 Å². The molecule has 5 heteroatoms. The Morgan fingerprint density at radius 3 is 2.67 bits per heavy atom. The van der Waals surface area contributed by atoms with E-state index in [-0.39, 0.29) is 11.6 Å². The SMILES string of the molecule is Cc1nc(Cl)c(CC(=O)O)n1Cc1ccccc1. The van der Waals surface area contributed by atoms with Crippen molar-refractivity contribution in [3.63, 3.8) is 0 Å². The Hall–Kier alpha value is -1.81. The summed E-state index contributed by atoms with van der Waals surface area (Å²) in [5, 5.41) is 9.16. The Morgan fingerprint density at radius 1 is 1.39 bits per heavy atom. The van der Waals surface area contributed by atoms with Gasteiger partial charge in [-0.3, -0.25) is 4.79 Å². The van der Waals surface area contributed by atoms with Crippen molar-refractivity contribution in [2.45, 2.75) is 19.9 Å². The quantitative estimate of drug-likeness (QED) is 0.923. The molecule has 0 aliphatic carbocycles. The zero-order valence-electron chi connectivity index (χ0n) is 9.93. The number of hydrogen-bond donors (Lipinski definition) is 1. The van der Waals surface area contributed by atoms with E-state index in [1.807, 2.05) is 41.8 Å². The molecule has 0 radical (unpaired) electrons. The summed E-state index contributed by atoms with van der Waals surface area (Å²) >= 11 is 5.97. The van der Waals surface area contributed by atoms with Crippen molar-refractivity contribution in [3.05, 3.63) is 52.6 Å². The van der Waals surface area contributed by atoms with Crippen molar-refractivity contribution in [1.29, 1.82) is 0 Å². The first-order valence-corrected chi connectivity index (χ1v) is 5.93. The normalized spacial score (nSPS) is 10.6. The topological polar surface area (TPSA) is 55.1 Å². The van der Waals surface area contributed by atoms with Gasteiger partial charge in [0.05, 0.1) is 12.1 Å². The van der Waals surface area contributed by atoms with E-state index in [0.717, 1.165) is 11.4 Å². The summed E-state index contributed by atoms with van der Waals surface area (Å²) in [6.07, 6.45) is -0.119. The fraction of sp³-hybridized carbons (Fsp3) is 0.231. The molecular weight excluding hydrogens is 252 g/mol. The number of aromatic nitrogens is 2. The lowest BCUT2D eigenvalue weighted by Crippen LogP contribution is -2.10. The van der Waals surface area contributed by atoms with Gasteiger partial charge in [0.1, 0.15) is 5.82 Å². The fourth-order valence-electron chi connectivity index (χ4n) is 1.86. The molecule has 4 nitrogen and oxygen atoms in total. The first kappa shape index (κ1) is 12.6. The van der Waals surface area contributed by atoms with Crippen molar-refractivity contribution in [1.82, 2.24) is 9.55 Å². The maximum Gasteiger partial charge on any atom is 0.309 e. The number of hydrogen-bond acceptors (Lipinski definition) is 2. The van der Waals surface area contributed by atoms with Gasteiger partial charge in [-0.25, -0.2) is 4.98 Å². The summed E-state index contributed by atoms with van der Waals surface area (Å²) in [7, 11) is 0. The largest absolute Gasteiger partial charge is 0.481 e. The summed E-state index contributed by atoms with van der Waals surface area (Å²) in [6.45, 7) is 2.40. The molecule has 0 saturated carbocycles. The van der Waals surface area contributed by atoms with Crippen LogP contribution in [0.4, 0.5) is 0 Å². The zero-order valence-corrected chi connectivity index (χ0v) is 10.7. The second kappa shape index (κ2) is 5.23. The molecule has 2 rings (SSSR count). The molecule has 0 saturated heterocycles. The van der Waals surface area contributed by atoms with Crippen molar-refractivity contribution < 1.29 is 9.90 Å². The number of carboxylic acids is 1. The fourth-order valence-corrected chi connectivity index (χ4v) is 2.15. The van der Waals surface area contributed by atoms with Gasteiger partial charge in [0.2, 0.25) is 0 Å². The number of carboxylic acid groups (broad SMARTS) is 1. The average Bonchev–Trinajstić information content (AvgIpc) is 2.57. The predicted molar refractivity (Wildman–Crippen MR) is 68.9 cm³/mol. The van der Waals surface area contributed by atoms with Crippen LogP contribution < -0.4 is 0 Å². The highest BCUT2D eigenvalue weighted by Crippen LogP contribution is 2.19. The van der Waals surface area contributed by atoms with Gasteiger partial charge >= 0.3 is 5.97 Å². The first-order chi connectivity index (χ1) is 8.58. The van der Waals surface area contributed by atoms with Crippen molar-refractivity contribution in [3.8, 4) is 0 Å². The van der Waals surface area contributed by atoms with Crippen LogP contribution in [0, 0.1) is 6.92 Å². The van der Waals surface area contributed by atoms with Crippen LogP contribution in [0.25, 0.3) is 0 Å². The molecule has 18 heavy (non-hydrogen) atoms. The standard InChI is InChI=1S/C13H13ClN2O2/c1-9-15-13(14)11(7-12(17)18)16(9)8-10-5-3-2-4-6-10/h2-6H,7-8H2,1H3,(H,17,18). The minimum absolute atomic E-state index is 0.119. The second-order valence-corrected chi connectivity index (χ2v) is 4.40. The molecule has 0 amide bonds. The van der Waals surface area contributed by atoms with Crippen LogP contribution in [-0.2, 0) is 17.8 Å². The van der Waals surface area contributed by atoms with Gasteiger partial charge in [0, 0.05) is 6.54 Å². The third kappa shape index (κ3) is 2.71. The highest BCUT2D eigenvalue weighted by Gasteiger charge is 2.16. The molecule has 1 heterocycles. The number of imidazole rings is 1. The van der Waals surface area contributed by atoms with Crippen LogP contribution in [0.3, 0.4) is 0 Å². The van der Waals surface area contributed by atoms with E-state index in [1.165, 1.54) is 0 Å². The van der Waals surface area contributed by atoms with Crippen LogP contribution in [0.15, 0.2) is 30.3 Å². The molecule has 0 unspecified atom stereocenters. The number of rotatable bonds is 4. The van der Waals surface area contributed by atoms with Gasteiger partial charge in [-0.15, -0.1) is 0 Å². The molecule has 1 aromatic heterocycles. The molecule has 1 aromatic carbocycles. The summed E-state index contributed by atoms with van der Waals surface area (Å²) in [4.78, 5) is 15.0. The molecule has 0 spiro atoms. The van der Waals surface area contributed by atoms with Gasteiger partial charge in [-0.05, 0) is 12.5 Å².